The van der Waals surface area contributed by atoms with Gasteiger partial charge in [-0.2, -0.15) is 13.2 Å². The second-order valence-electron chi connectivity index (χ2n) is 4.57. The molecule has 0 bridgehead atoms. The molecule has 1 unspecified atom stereocenters. The summed E-state index contributed by atoms with van der Waals surface area (Å²) in [6.45, 7) is 0. The first kappa shape index (κ1) is 17.0. The van der Waals surface area contributed by atoms with Gasteiger partial charge in [-0.25, -0.2) is 0 Å². The molecular weight excluding hydrogens is 477 g/mol. The number of benzene rings is 2. The molecule has 0 N–H and O–H groups in total. The smallest absolute Gasteiger partial charge is 0.166 e. The van der Waals surface area contributed by atoms with E-state index in [0.717, 1.165) is 32.2 Å². The maximum atomic E-state index is 12.5. The average molecular weight is 487 g/mol. The van der Waals surface area contributed by atoms with E-state index in [-0.39, 0.29) is 4.83 Å². The third-order valence-corrected chi connectivity index (χ3v) is 4.71. The van der Waals surface area contributed by atoms with Gasteiger partial charge in [0.1, 0.15) is 0 Å². The van der Waals surface area contributed by atoms with E-state index < -0.39 is 11.7 Å². The Labute approximate surface area is 146 Å². The third kappa shape index (κ3) is 4.83. The molecule has 0 aliphatic carbocycles. The minimum atomic E-state index is -4.29. The van der Waals surface area contributed by atoms with Gasteiger partial charge in [-0.3, -0.25) is 0 Å². The minimum absolute atomic E-state index is 0.0306. The fraction of sp³-hybridized carbons (Fsp3) is 0.200. The molecule has 0 aliphatic heterocycles. The summed E-state index contributed by atoms with van der Waals surface area (Å²) in [4.78, 5) is 0.0306. The van der Waals surface area contributed by atoms with Crippen molar-refractivity contribution in [3.8, 4) is 0 Å². The Hall–Kier alpha value is -0.330. The topological polar surface area (TPSA) is 0 Å². The molecule has 0 saturated carbocycles. The van der Waals surface area contributed by atoms with Crippen LogP contribution in [0.5, 0.6) is 0 Å². The Balaban J connectivity index is 2.14. The van der Waals surface area contributed by atoms with Crippen LogP contribution >= 0.6 is 47.8 Å². The summed E-state index contributed by atoms with van der Waals surface area (Å²) in [7, 11) is 0. The van der Waals surface area contributed by atoms with Gasteiger partial charge < -0.3 is 0 Å². The van der Waals surface area contributed by atoms with E-state index in [1.54, 1.807) is 0 Å². The Bertz CT molecular complexity index is 601. The molecule has 0 fully saturated rings. The van der Waals surface area contributed by atoms with Crippen molar-refractivity contribution in [2.45, 2.75) is 17.4 Å². The van der Waals surface area contributed by atoms with Gasteiger partial charge in [0.15, 0.2) is 0 Å². The molecule has 0 heterocycles. The Kier molecular flexibility index (Phi) is 5.54. The lowest BCUT2D eigenvalue weighted by Crippen LogP contribution is -2.05. The molecule has 2 aromatic carbocycles. The quantitative estimate of drug-likeness (QED) is 0.413. The number of rotatable bonds is 3. The summed E-state index contributed by atoms with van der Waals surface area (Å²) >= 11 is 10.4. The molecule has 0 aliphatic rings. The normalized spacial score (nSPS) is 13.2. The lowest BCUT2D eigenvalue weighted by Gasteiger charge is -2.13. The predicted molar refractivity (Wildman–Crippen MR) is 88.7 cm³/mol. The van der Waals surface area contributed by atoms with Gasteiger partial charge in [0.05, 0.1) is 5.56 Å². The Morgan fingerprint density at radius 3 is 1.90 bits per heavy atom. The molecule has 6 heteroatoms. The minimum Gasteiger partial charge on any atom is -0.166 e. The first-order valence-corrected chi connectivity index (χ1v) is 8.52. The van der Waals surface area contributed by atoms with E-state index in [4.69, 9.17) is 0 Å². The lowest BCUT2D eigenvalue weighted by molar-refractivity contribution is -0.137. The predicted octanol–water partition coefficient (Wildman–Crippen LogP) is 6.91. The van der Waals surface area contributed by atoms with Crippen LogP contribution < -0.4 is 0 Å². The summed E-state index contributed by atoms with van der Waals surface area (Å²) in [5, 5.41) is 0. The van der Waals surface area contributed by atoms with E-state index in [0.29, 0.717) is 6.42 Å². The molecule has 0 spiro atoms. The molecule has 0 amide bonds. The zero-order valence-electron chi connectivity index (χ0n) is 10.6. The molecule has 112 valence electrons. The largest absolute Gasteiger partial charge is 0.416 e. The summed E-state index contributed by atoms with van der Waals surface area (Å²) in [5.74, 6) is 0. The van der Waals surface area contributed by atoms with Gasteiger partial charge in [-0.05, 0) is 47.9 Å². The summed E-state index contributed by atoms with van der Waals surface area (Å²) in [5.41, 5.74) is 1.28. The maximum absolute atomic E-state index is 12.5. The Morgan fingerprint density at radius 2 is 1.43 bits per heavy atom. The van der Waals surface area contributed by atoms with Crippen molar-refractivity contribution in [2.24, 2.45) is 0 Å². The average Bonchev–Trinajstić information content (AvgIpc) is 2.37. The van der Waals surface area contributed by atoms with E-state index in [2.05, 4.69) is 47.8 Å². The van der Waals surface area contributed by atoms with Crippen molar-refractivity contribution >= 4 is 47.8 Å². The fourth-order valence-electron chi connectivity index (χ4n) is 1.91. The molecule has 0 radical (unpaired) electrons. The van der Waals surface area contributed by atoms with E-state index in [9.17, 15) is 13.2 Å². The summed E-state index contributed by atoms with van der Waals surface area (Å²) in [6.07, 6.45) is -3.68. The van der Waals surface area contributed by atoms with Crippen molar-refractivity contribution in [1.82, 2.24) is 0 Å². The second kappa shape index (κ2) is 6.84. The molecule has 21 heavy (non-hydrogen) atoms. The van der Waals surface area contributed by atoms with Gasteiger partial charge in [0, 0.05) is 13.8 Å². The van der Waals surface area contributed by atoms with E-state index >= 15 is 0 Å². The van der Waals surface area contributed by atoms with Crippen LogP contribution in [0, 0.1) is 0 Å². The van der Waals surface area contributed by atoms with Crippen molar-refractivity contribution in [3.05, 3.63) is 68.1 Å². The highest BCUT2D eigenvalue weighted by atomic mass is 79.9. The highest BCUT2D eigenvalue weighted by molar-refractivity contribution is 9.11. The lowest BCUT2D eigenvalue weighted by atomic mass is 10.0. The van der Waals surface area contributed by atoms with Crippen molar-refractivity contribution < 1.29 is 13.2 Å². The summed E-state index contributed by atoms with van der Waals surface area (Å²) in [6, 6.07) is 11.2. The molecule has 0 nitrogen and oxygen atoms in total. The van der Waals surface area contributed by atoms with Crippen LogP contribution in [0.15, 0.2) is 51.4 Å². The van der Waals surface area contributed by atoms with Crippen LogP contribution in [-0.2, 0) is 12.6 Å². The second-order valence-corrected chi connectivity index (χ2v) is 7.51. The Morgan fingerprint density at radius 1 is 0.905 bits per heavy atom. The first-order chi connectivity index (χ1) is 9.75. The van der Waals surface area contributed by atoms with Crippen LogP contribution in [0.2, 0.25) is 0 Å². The van der Waals surface area contributed by atoms with Crippen LogP contribution in [0.3, 0.4) is 0 Å². The fourth-order valence-corrected chi connectivity index (χ4v) is 3.88. The van der Waals surface area contributed by atoms with Gasteiger partial charge >= 0.3 is 6.18 Å². The van der Waals surface area contributed by atoms with E-state index in [1.165, 1.54) is 12.1 Å². The van der Waals surface area contributed by atoms with Crippen LogP contribution in [0.4, 0.5) is 13.2 Å². The van der Waals surface area contributed by atoms with Crippen molar-refractivity contribution in [3.63, 3.8) is 0 Å². The van der Waals surface area contributed by atoms with E-state index in [1.807, 2.05) is 18.2 Å². The number of hydrogen-bond acceptors (Lipinski definition) is 0. The highest BCUT2D eigenvalue weighted by Crippen LogP contribution is 2.33. The summed E-state index contributed by atoms with van der Waals surface area (Å²) < 4.78 is 39.4. The van der Waals surface area contributed by atoms with Crippen LogP contribution in [0.1, 0.15) is 21.5 Å². The van der Waals surface area contributed by atoms with Crippen molar-refractivity contribution in [1.29, 1.82) is 0 Å². The number of alkyl halides is 4. The number of halogens is 6. The zero-order valence-corrected chi connectivity index (χ0v) is 15.4. The molecular formula is C15H10Br3F3. The van der Waals surface area contributed by atoms with Crippen LogP contribution in [-0.4, -0.2) is 0 Å². The third-order valence-electron chi connectivity index (χ3n) is 2.94. The molecule has 2 rings (SSSR count). The highest BCUT2D eigenvalue weighted by Gasteiger charge is 2.29. The SMILES string of the molecule is FC(F)(F)c1ccc(CC(Br)c2cc(Br)cc(Br)c2)cc1. The molecule has 2 aromatic rings. The molecule has 1 atom stereocenters. The maximum Gasteiger partial charge on any atom is 0.416 e. The van der Waals surface area contributed by atoms with Gasteiger partial charge in [0.25, 0.3) is 0 Å². The number of hydrogen-bond donors (Lipinski definition) is 0. The molecule has 0 saturated heterocycles. The monoisotopic (exact) mass is 484 g/mol. The van der Waals surface area contributed by atoms with Gasteiger partial charge in [0.2, 0.25) is 0 Å². The van der Waals surface area contributed by atoms with Gasteiger partial charge in [-0.15, -0.1) is 0 Å². The first-order valence-electron chi connectivity index (χ1n) is 6.02. The zero-order chi connectivity index (χ0) is 15.6. The van der Waals surface area contributed by atoms with Crippen LogP contribution in [0.25, 0.3) is 0 Å². The standard InChI is InChI=1S/C15H10Br3F3/c16-12-6-10(7-13(17)8-12)14(18)5-9-1-3-11(4-2-9)15(19,20)21/h1-4,6-8,14H,5H2. The van der Waals surface area contributed by atoms with Crippen molar-refractivity contribution in [2.75, 3.05) is 0 Å². The van der Waals surface area contributed by atoms with Gasteiger partial charge in [-0.1, -0.05) is 59.9 Å². The molecule has 0 aromatic heterocycles.